The van der Waals surface area contributed by atoms with Crippen LogP contribution in [0.1, 0.15) is 16.1 Å². The predicted octanol–water partition coefficient (Wildman–Crippen LogP) is 1.30. The molecular formula is C15H12N4O3. The SMILES string of the molecule is O=C(NCc1ccccc1)c1c(-c2cccnc2)no[n+]1[O-]. The summed E-state index contributed by atoms with van der Waals surface area (Å²) in [5.41, 5.74) is 1.43. The first-order valence-corrected chi connectivity index (χ1v) is 6.58. The maximum absolute atomic E-state index is 12.2. The van der Waals surface area contributed by atoms with Crippen molar-refractivity contribution in [3.63, 3.8) is 0 Å². The summed E-state index contributed by atoms with van der Waals surface area (Å²) in [7, 11) is 0. The highest BCUT2D eigenvalue weighted by atomic mass is 16.8. The molecular weight excluding hydrogens is 284 g/mol. The normalized spacial score (nSPS) is 10.4. The van der Waals surface area contributed by atoms with Crippen molar-refractivity contribution in [2.75, 3.05) is 0 Å². The molecule has 0 saturated carbocycles. The lowest BCUT2D eigenvalue weighted by atomic mass is 10.1. The second-order valence-corrected chi connectivity index (χ2v) is 4.54. The molecule has 1 amide bonds. The molecule has 110 valence electrons. The Morgan fingerprint density at radius 3 is 2.77 bits per heavy atom. The van der Waals surface area contributed by atoms with Gasteiger partial charge in [-0.15, -0.1) is 0 Å². The molecule has 0 aliphatic rings. The van der Waals surface area contributed by atoms with E-state index in [1.807, 2.05) is 30.3 Å². The maximum atomic E-state index is 12.2. The summed E-state index contributed by atoms with van der Waals surface area (Å²) in [4.78, 5) is 16.3. The Morgan fingerprint density at radius 2 is 2.05 bits per heavy atom. The van der Waals surface area contributed by atoms with E-state index < -0.39 is 5.91 Å². The van der Waals surface area contributed by atoms with Crippen molar-refractivity contribution in [3.05, 3.63) is 71.3 Å². The second kappa shape index (κ2) is 6.04. The number of carbonyl (C=O) groups excluding carboxylic acids is 1. The standard InChI is InChI=1S/C15H12N4O3/c20-15(17-9-11-5-2-1-3-6-11)14-13(18-22-19(14)21)12-7-4-8-16-10-12/h1-8,10H,9H2,(H,17,20). The van der Waals surface area contributed by atoms with Crippen LogP contribution >= 0.6 is 0 Å². The van der Waals surface area contributed by atoms with Gasteiger partial charge in [-0.1, -0.05) is 30.3 Å². The van der Waals surface area contributed by atoms with Crippen molar-refractivity contribution < 1.29 is 14.3 Å². The highest BCUT2D eigenvalue weighted by molar-refractivity contribution is 5.96. The molecule has 7 heteroatoms. The van der Waals surface area contributed by atoms with E-state index in [0.717, 1.165) is 5.56 Å². The first-order chi connectivity index (χ1) is 10.8. The van der Waals surface area contributed by atoms with Crippen LogP contribution in [0.3, 0.4) is 0 Å². The molecule has 0 unspecified atom stereocenters. The Balaban J connectivity index is 1.82. The summed E-state index contributed by atoms with van der Waals surface area (Å²) in [5.74, 6) is -0.557. The van der Waals surface area contributed by atoms with Gasteiger partial charge in [0.1, 0.15) is 0 Å². The molecule has 0 bridgehead atoms. The van der Waals surface area contributed by atoms with Crippen molar-refractivity contribution in [3.8, 4) is 11.3 Å². The first kappa shape index (κ1) is 13.7. The van der Waals surface area contributed by atoms with E-state index in [4.69, 9.17) is 0 Å². The quantitative estimate of drug-likeness (QED) is 0.732. The van der Waals surface area contributed by atoms with E-state index in [0.29, 0.717) is 12.1 Å². The number of amides is 1. The number of hydrogen-bond acceptors (Lipinski definition) is 5. The Morgan fingerprint density at radius 1 is 1.23 bits per heavy atom. The highest BCUT2D eigenvalue weighted by Crippen LogP contribution is 2.17. The fourth-order valence-electron chi connectivity index (χ4n) is 1.99. The summed E-state index contributed by atoms with van der Waals surface area (Å²) in [6.07, 6.45) is 3.09. The van der Waals surface area contributed by atoms with Crippen LogP contribution < -0.4 is 10.2 Å². The van der Waals surface area contributed by atoms with E-state index in [1.54, 1.807) is 18.3 Å². The summed E-state index contributed by atoms with van der Waals surface area (Å²) in [5, 5.41) is 18.0. The Kier molecular flexibility index (Phi) is 3.78. The molecule has 0 aliphatic carbocycles. The average Bonchev–Trinajstić information content (AvgIpc) is 2.96. The van der Waals surface area contributed by atoms with Crippen molar-refractivity contribution in [2.45, 2.75) is 6.54 Å². The summed E-state index contributed by atoms with van der Waals surface area (Å²) >= 11 is 0. The largest absolute Gasteiger partial charge is 0.359 e. The first-order valence-electron chi connectivity index (χ1n) is 6.58. The summed E-state index contributed by atoms with van der Waals surface area (Å²) in [6, 6.07) is 12.8. The zero-order valence-corrected chi connectivity index (χ0v) is 11.5. The van der Waals surface area contributed by atoms with Crippen molar-refractivity contribution >= 4 is 5.91 Å². The van der Waals surface area contributed by atoms with Crippen LogP contribution in [-0.4, -0.2) is 16.0 Å². The number of hydrogen-bond donors (Lipinski definition) is 1. The van der Waals surface area contributed by atoms with Crippen molar-refractivity contribution in [2.24, 2.45) is 0 Å². The molecule has 2 heterocycles. The smallest absolute Gasteiger partial charge is 0.300 e. The van der Waals surface area contributed by atoms with Crippen LogP contribution in [0.15, 0.2) is 59.5 Å². The lowest BCUT2D eigenvalue weighted by Crippen LogP contribution is -2.37. The number of pyridine rings is 1. The third-order valence-electron chi connectivity index (χ3n) is 3.06. The van der Waals surface area contributed by atoms with Crippen LogP contribution in [0.4, 0.5) is 0 Å². The molecule has 7 nitrogen and oxygen atoms in total. The molecule has 1 N–H and O–H groups in total. The van der Waals surface area contributed by atoms with E-state index in [9.17, 15) is 10.0 Å². The highest BCUT2D eigenvalue weighted by Gasteiger charge is 2.27. The lowest BCUT2D eigenvalue weighted by Gasteiger charge is -2.03. The molecule has 1 aromatic carbocycles. The molecule has 0 radical (unpaired) electrons. The minimum atomic E-state index is -0.557. The van der Waals surface area contributed by atoms with Gasteiger partial charge < -0.3 is 10.5 Å². The molecule has 0 atom stereocenters. The second-order valence-electron chi connectivity index (χ2n) is 4.54. The Hall–Kier alpha value is -3.22. The molecule has 0 spiro atoms. The third kappa shape index (κ3) is 2.78. The van der Waals surface area contributed by atoms with Crippen LogP contribution in [0.2, 0.25) is 0 Å². The third-order valence-corrected chi connectivity index (χ3v) is 3.06. The van der Waals surface area contributed by atoms with Crippen molar-refractivity contribution in [1.29, 1.82) is 0 Å². The average molecular weight is 296 g/mol. The van der Waals surface area contributed by atoms with Gasteiger partial charge in [0.05, 0.1) is 5.56 Å². The maximum Gasteiger partial charge on any atom is 0.300 e. The van der Waals surface area contributed by atoms with Crippen LogP contribution in [0, 0.1) is 5.21 Å². The zero-order chi connectivity index (χ0) is 15.4. The van der Waals surface area contributed by atoms with Crippen LogP contribution in [0.5, 0.6) is 0 Å². The van der Waals surface area contributed by atoms with Gasteiger partial charge in [0.25, 0.3) is 11.4 Å². The lowest BCUT2D eigenvalue weighted by molar-refractivity contribution is -0.803. The van der Waals surface area contributed by atoms with Gasteiger partial charge in [0.2, 0.25) is 0 Å². The van der Waals surface area contributed by atoms with E-state index in [-0.39, 0.29) is 16.3 Å². The molecule has 22 heavy (non-hydrogen) atoms. The van der Waals surface area contributed by atoms with Gasteiger partial charge in [-0.25, -0.2) is 0 Å². The molecule has 0 fully saturated rings. The molecule has 0 aliphatic heterocycles. The Bertz CT molecular complexity index is 772. The van der Waals surface area contributed by atoms with Gasteiger partial charge in [-0.05, 0) is 22.6 Å². The van der Waals surface area contributed by atoms with E-state index >= 15 is 0 Å². The van der Waals surface area contributed by atoms with Crippen molar-refractivity contribution in [1.82, 2.24) is 15.5 Å². The van der Waals surface area contributed by atoms with Crippen LogP contribution in [-0.2, 0) is 6.54 Å². The van der Waals surface area contributed by atoms with Gasteiger partial charge in [0.15, 0.2) is 0 Å². The minimum absolute atomic E-state index is 0.0999. The van der Waals surface area contributed by atoms with Crippen LogP contribution in [0.25, 0.3) is 11.3 Å². The molecule has 2 aromatic heterocycles. The number of nitrogens with one attached hydrogen (secondary N) is 1. The van der Waals surface area contributed by atoms with E-state index in [2.05, 4.69) is 20.1 Å². The molecule has 3 aromatic rings. The minimum Gasteiger partial charge on any atom is -0.359 e. The fraction of sp³-hybridized carbons (Fsp3) is 0.0667. The topological polar surface area (TPSA) is 95.0 Å². The van der Waals surface area contributed by atoms with Gasteiger partial charge in [-0.2, -0.15) is 0 Å². The number of nitrogens with zero attached hydrogens (tertiary/aromatic N) is 3. The van der Waals surface area contributed by atoms with Gasteiger partial charge in [0, 0.05) is 24.1 Å². The summed E-state index contributed by atoms with van der Waals surface area (Å²) < 4.78 is 4.55. The fourth-order valence-corrected chi connectivity index (χ4v) is 1.99. The summed E-state index contributed by atoms with van der Waals surface area (Å²) in [6.45, 7) is 0.303. The number of rotatable bonds is 4. The number of aromatic nitrogens is 3. The predicted molar refractivity (Wildman–Crippen MR) is 76.3 cm³/mol. The molecule has 3 rings (SSSR count). The number of benzene rings is 1. The van der Waals surface area contributed by atoms with E-state index in [1.165, 1.54) is 6.20 Å². The number of carbonyl (C=O) groups is 1. The zero-order valence-electron chi connectivity index (χ0n) is 11.5. The monoisotopic (exact) mass is 296 g/mol. The Labute approximate surface area is 125 Å². The molecule has 0 saturated heterocycles. The van der Waals surface area contributed by atoms with Gasteiger partial charge >= 0.3 is 5.91 Å². The van der Waals surface area contributed by atoms with Gasteiger partial charge in [-0.3, -0.25) is 14.4 Å².